The summed E-state index contributed by atoms with van der Waals surface area (Å²) in [5.41, 5.74) is 7.25. The number of ether oxygens (including phenoxy) is 1. The van der Waals surface area contributed by atoms with Crippen molar-refractivity contribution >= 4 is 39.8 Å². The third kappa shape index (κ3) is 9.95. The molecule has 0 spiro atoms. The average molecular weight is 832 g/mol. The Hall–Kier alpha value is -4.85. The van der Waals surface area contributed by atoms with E-state index in [4.69, 9.17) is 14.7 Å². The van der Waals surface area contributed by atoms with Crippen molar-refractivity contribution < 1.29 is 14.3 Å². The van der Waals surface area contributed by atoms with Gasteiger partial charge in [-0.05, 0) is 73.3 Å². The molecule has 2 aromatic carbocycles. The van der Waals surface area contributed by atoms with Crippen molar-refractivity contribution in [1.29, 1.82) is 0 Å². The van der Waals surface area contributed by atoms with Gasteiger partial charge in [-0.1, -0.05) is 76.3 Å². The minimum Gasteiger partial charge on any atom is -0.381 e. The molecule has 1 unspecified atom stereocenters. The molecule has 5 heterocycles. The molecule has 13 nitrogen and oxygen atoms in total. The number of rotatable bonds is 18. The Morgan fingerprint density at radius 2 is 1.61 bits per heavy atom. The summed E-state index contributed by atoms with van der Waals surface area (Å²) in [6.45, 7) is 13.1. The minimum absolute atomic E-state index is 0.231. The number of hydrogen-bond donors (Lipinski definition) is 2. The number of carbonyl (C=O) groups is 2. The predicted molar refractivity (Wildman–Crippen MR) is 242 cm³/mol. The Morgan fingerprint density at radius 1 is 0.869 bits per heavy atom. The van der Waals surface area contributed by atoms with E-state index in [1.807, 2.05) is 24.4 Å². The molecule has 2 amide bonds. The maximum atomic E-state index is 13.1. The molecule has 326 valence electrons. The Labute approximate surface area is 359 Å². The van der Waals surface area contributed by atoms with Crippen LogP contribution in [0, 0.1) is 5.92 Å². The normalized spacial score (nSPS) is 18.5. The largest absolute Gasteiger partial charge is 0.381 e. The number of benzene rings is 2. The van der Waals surface area contributed by atoms with E-state index >= 15 is 0 Å². The van der Waals surface area contributed by atoms with Crippen LogP contribution in [-0.4, -0.2) is 97.8 Å². The van der Waals surface area contributed by atoms with Gasteiger partial charge in [0, 0.05) is 102 Å². The van der Waals surface area contributed by atoms with Gasteiger partial charge in [0.15, 0.2) is 0 Å². The molecular formula is C48H65N9O4. The number of piperidine rings is 1. The number of imidazole rings is 1. The van der Waals surface area contributed by atoms with Crippen molar-refractivity contribution in [2.24, 2.45) is 13.0 Å². The summed E-state index contributed by atoms with van der Waals surface area (Å²) < 4.78 is 11.6. The number of hydrogen-bond acceptors (Lipinski definition) is 9. The second-order valence-electron chi connectivity index (χ2n) is 17.6. The Bertz CT molecular complexity index is 2330. The van der Waals surface area contributed by atoms with E-state index in [0.717, 1.165) is 113 Å². The van der Waals surface area contributed by atoms with Crippen molar-refractivity contribution in [1.82, 2.24) is 38.8 Å². The van der Waals surface area contributed by atoms with E-state index in [9.17, 15) is 14.4 Å². The first kappa shape index (κ1) is 42.8. The van der Waals surface area contributed by atoms with E-state index in [0.29, 0.717) is 30.5 Å². The predicted octanol–water partition coefficient (Wildman–Crippen LogP) is 7.24. The first-order chi connectivity index (χ1) is 29.8. The molecule has 1 saturated carbocycles. The number of imide groups is 1. The first-order valence-electron chi connectivity index (χ1n) is 23.1. The lowest BCUT2D eigenvalue weighted by Gasteiger charge is -2.34. The van der Waals surface area contributed by atoms with Crippen molar-refractivity contribution in [3.05, 3.63) is 76.5 Å². The van der Waals surface area contributed by atoms with Crippen LogP contribution in [0.2, 0.25) is 0 Å². The van der Waals surface area contributed by atoms with Gasteiger partial charge < -0.3 is 19.5 Å². The van der Waals surface area contributed by atoms with Gasteiger partial charge in [0.25, 0.3) is 0 Å². The summed E-state index contributed by atoms with van der Waals surface area (Å²) in [4.78, 5) is 52.3. The van der Waals surface area contributed by atoms with Gasteiger partial charge in [-0.2, -0.15) is 4.98 Å². The summed E-state index contributed by atoms with van der Waals surface area (Å²) >= 11 is 0. The molecule has 5 aromatic rings. The smallest absolute Gasteiger partial charge is 0.329 e. The monoisotopic (exact) mass is 832 g/mol. The van der Waals surface area contributed by atoms with E-state index in [-0.39, 0.29) is 18.0 Å². The molecule has 2 saturated heterocycles. The molecular weight excluding hydrogens is 767 g/mol. The van der Waals surface area contributed by atoms with Crippen molar-refractivity contribution in [3.8, 4) is 11.1 Å². The number of nitrogens with zero attached hydrogens (tertiary/aromatic N) is 7. The van der Waals surface area contributed by atoms with E-state index in [2.05, 4.69) is 69.3 Å². The number of anilines is 1. The van der Waals surface area contributed by atoms with Crippen LogP contribution in [0.4, 0.5) is 5.95 Å². The number of carbonyl (C=O) groups excluding carboxylic acids is 2. The fourth-order valence-corrected chi connectivity index (χ4v) is 9.68. The standard InChI is InChI=1S/C48H65N9O4/c1-4-34(5-2)30-49-47-50-31-39-40(33-56(45(39)52-47)38-12-7-6-8-13-38)37-17-14-36(15-18-37)32-55-25-23-54(24-26-55)22-10-28-61-27-9-11-35-16-19-41-43(29-35)53(3)48(60)57(41)42-20-21-44(58)51-46(42)59/h14-19,29,31,33-34,38,42H,4-13,20-28,30,32H2,1-3H3,(H,49,50,52)(H,51,58,59). The van der Waals surface area contributed by atoms with Gasteiger partial charge in [-0.3, -0.25) is 28.9 Å². The second-order valence-corrected chi connectivity index (χ2v) is 17.6. The van der Waals surface area contributed by atoms with E-state index in [1.54, 1.807) is 11.6 Å². The van der Waals surface area contributed by atoms with Gasteiger partial charge in [0.2, 0.25) is 17.8 Å². The SMILES string of the molecule is CCC(CC)CNc1ncc2c(-c3ccc(CN4CCN(CCCOCCCc5ccc6c(c5)n(C)c(=O)n6C5CCC(=O)NC5=O)CC4)cc3)cn(C3CCCCC3)c2n1. The lowest BCUT2D eigenvalue weighted by atomic mass is 9.95. The summed E-state index contributed by atoms with van der Waals surface area (Å²) in [5, 5.41) is 7.04. The highest BCUT2D eigenvalue weighted by Gasteiger charge is 2.31. The van der Waals surface area contributed by atoms with Gasteiger partial charge in [0.05, 0.1) is 11.0 Å². The molecule has 8 rings (SSSR count). The maximum absolute atomic E-state index is 13.1. The molecule has 0 radical (unpaired) electrons. The average Bonchev–Trinajstić information content (AvgIpc) is 3.78. The Morgan fingerprint density at radius 3 is 2.36 bits per heavy atom. The van der Waals surface area contributed by atoms with Crippen LogP contribution in [0.1, 0.15) is 108 Å². The van der Waals surface area contributed by atoms with Crippen molar-refractivity contribution in [2.45, 2.75) is 110 Å². The summed E-state index contributed by atoms with van der Waals surface area (Å²) in [7, 11) is 1.73. The number of fused-ring (bicyclic) bond motifs is 2. The molecule has 13 heteroatoms. The lowest BCUT2D eigenvalue weighted by Crippen LogP contribution is -2.46. The molecule has 61 heavy (non-hydrogen) atoms. The molecule has 2 aliphatic heterocycles. The second kappa shape index (κ2) is 19.9. The van der Waals surface area contributed by atoms with Gasteiger partial charge in [-0.25, -0.2) is 9.78 Å². The number of amides is 2. The molecule has 1 atom stereocenters. The van der Waals surface area contributed by atoms with Gasteiger partial charge in [-0.15, -0.1) is 0 Å². The first-order valence-corrected chi connectivity index (χ1v) is 23.1. The Kier molecular flexibility index (Phi) is 14.0. The van der Waals surface area contributed by atoms with Crippen LogP contribution in [0.15, 0.2) is 59.7 Å². The highest BCUT2D eigenvalue weighted by Crippen LogP contribution is 2.37. The zero-order valence-corrected chi connectivity index (χ0v) is 36.5. The number of piperazine rings is 1. The lowest BCUT2D eigenvalue weighted by molar-refractivity contribution is -0.135. The van der Waals surface area contributed by atoms with Gasteiger partial charge in [0.1, 0.15) is 11.7 Å². The van der Waals surface area contributed by atoms with Crippen molar-refractivity contribution in [3.63, 3.8) is 0 Å². The number of aryl methyl sites for hydroxylation is 2. The third-order valence-corrected chi connectivity index (χ3v) is 13.6. The van der Waals surface area contributed by atoms with Crippen LogP contribution in [0.3, 0.4) is 0 Å². The zero-order chi connectivity index (χ0) is 42.3. The van der Waals surface area contributed by atoms with Crippen LogP contribution in [0.5, 0.6) is 0 Å². The molecule has 1 aliphatic carbocycles. The highest BCUT2D eigenvalue weighted by atomic mass is 16.5. The molecule has 0 bridgehead atoms. The molecule has 2 N–H and O–H groups in total. The minimum atomic E-state index is -0.670. The van der Waals surface area contributed by atoms with Crippen LogP contribution in [0.25, 0.3) is 33.2 Å². The topological polar surface area (TPSA) is 132 Å². The van der Waals surface area contributed by atoms with Crippen LogP contribution in [-0.2, 0) is 34.3 Å². The van der Waals surface area contributed by atoms with Crippen LogP contribution >= 0.6 is 0 Å². The summed E-state index contributed by atoms with van der Waals surface area (Å²) in [6, 6.07) is 15.0. The molecule has 3 fully saturated rings. The van der Waals surface area contributed by atoms with E-state index in [1.165, 1.54) is 53.4 Å². The van der Waals surface area contributed by atoms with Crippen molar-refractivity contribution in [2.75, 3.05) is 57.8 Å². The zero-order valence-electron chi connectivity index (χ0n) is 36.5. The highest BCUT2D eigenvalue weighted by molar-refractivity contribution is 6.00. The summed E-state index contributed by atoms with van der Waals surface area (Å²) in [6.07, 6.45) is 16.3. The summed E-state index contributed by atoms with van der Waals surface area (Å²) in [5.74, 6) is 0.667. The fourth-order valence-electron chi connectivity index (χ4n) is 9.68. The molecule has 3 aromatic heterocycles. The number of aromatic nitrogens is 5. The molecule has 3 aliphatic rings. The van der Waals surface area contributed by atoms with E-state index < -0.39 is 11.9 Å². The fraction of sp³-hybridized carbons (Fsp3) is 0.562. The van der Waals surface area contributed by atoms with Crippen LogP contribution < -0.4 is 16.3 Å². The third-order valence-electron chi connectivity index (χ3n) is 13.6. The quantitative estimate of drug-likeness (QED) is 0.0694. The Balaban J connectivity index is 0.768. The van der Waals surface area contributed by atoms with Gasteiger partial charge >= 0.3 is 5.69 Å². The number of nitrogens with one attached hydrogen (secondary N) is 2. The maximum Gasteiger partial charge on any atom is 0.329 e.